The summed E-state index contributed by atoms with van der Waals surface area (Å²) >= 11 is 0. The van der Waals surface area contributed by atoms with Crippen LogP contribution in [-0.4, -0.2) is 20.6 Å². The topological polar surface area (TPSA) is 75.1 Å². The molecule has 0 amide bonds. The van der Waals surface area contributed by atoms with Crippen molar-refractivity contribution < 1.29 is 0 Å². The Morgan fingerprint density at radius 3 is 2.58 bits per heavy atom. The third-order valence-electron chi connectivity index (χ3n) is 4.25. The predicted molar refractivity (Wildman–Crippen MR) is 95.0 cm³/mol. The number of aromatic nitrogens is 3. The van der Waals surface area contributed by atoms with E-state index in [9.17, 15) is 4.79 Å². The first-order valence-electron chi connectivity index (χ1n) is 7.68. The Balaban J connectivity index is 1.59. The zero-order valence-corrected chi connectivity index (χ0v) is 12.7. The van der Waals surface area contributed by atoms with Crippen molar-refractivity contribution in [1.82, 2.24) is 14.8 Å². The Hall–Kier alpha value is -3.41. The minimum absolute atomic E-state index is 0.201. The molecule has 1 aliphatic heterocycles. The lowest BCUT2D eigenvalue weighted by molar-refractivity contribution is 0.861. The molecule has 1 aliphatic rings. The summed E-state index contributed by atoms with van der Waals surface area (Å²) in [6.07, 6.45) is 4.19. The standard InChI is InChI=1S/C18H13N5O/c24-18-13-6-3-7-14-16(13)17(21-22-18)20-15(19-14)10-23-8-11-4-1-2-5-12(11)9-23/h1-9H,10H2,(H,22,24)(H,19,20,21). The molecule has 6 heteroatoms. The molecule has 2 N–H and O–H groups in total. The molecule has 0 saturated heterocycles. The van der Waals surface area contributed by atoms with E-state index in [0.717, 1.165) is 16.9 Å². The molecule has 4 aromatic rings. The normalized spacial score (nSPS) is 13.1. The number of benzene rings is 2. The van der Waals surface area contributed by atoms with E-state index >= 15 is 0 Å². The molecule has 0 atom stereocenters. The van der Waals surface area contributed by atoms with Crippen LogP contribution >= 0.6 is 0 Å². The van der Waals surface area contributed by atoms with E-state index in [0.29, 0.717) is 17.7 Å². The van der Waals surface area contributed by atoms with Gasteiger partial charge in [0.2, 0.25) is 0 Å². The molecule has 0 unspecified atom stereocenters. The SMILES string of the molecule is O=c1[nH]nc2c3c(cccc13)NC(Cn1cc3ccccc3c1)=N2. The van der Waals surface area contributed by atoms with E-state index in [1.165, 1.54) is 10.8 Å². The predicted octanol–water partition coefficient (Wildman–Crippen LogP) is 3.03. The number of hydrogen-bond donors (Lipinski definition) is 2. The number of rotatable bonds is 2. The summed E-state index contributed by atoms with van der Waals surface area (Å²) in [4.78, 5) is 16.5. The van der Waals surface area contributed by atoms with Gasteiger partial charge >= 0.3 is 0 Å². The van der Waals surface area contributed by atoms with Gasteiger partial charge in [0.15, 0.2) is 5.82 Å². The van der Waals surface area contributed by atoms with Crippen LogP contribution in [0.5, 0.6) is 0 Å². The molecule has 3 heterocycles. The average Bonchev–Trinajstić information content (AvgIpc) is 3.00. The number of nitrogens with one attached hydrogen (secondary N) is 2. The summed E-state index contributed by atoms with van der Waals surface area (Å²) in [5.41, 5.74) is 0.663. The van der Waals surface area contributed by atoms with Crippen molar-refractivity contribution in [3.63, 3.8) is 0 Å². The molecule has 6 nitrogen and oxygen atoms in total. The van der Waals surface area contributed by atoms with Gasteiger partial charge in [0.1, 0.15) is 5.84 Å². The van der Waals surface area contributed by atoms with E-state index in [4.69, 9.17) is 0 Å². The number of H-pyrrole nitrogens is 1. The highest BCUT2D eigenvalue weighted by atomic mass is 16.1. The molecule has 0 saturated carbocycles. The maximum atomic E-state index is 11.9. The van der Waals surface area contributed by atoms with Gasteiger partial charge < -0.3 is 9.88 Å². The highest BCUT2D eigenvalue weighted by molar-refractivity contribution is 6.12. The fourth-order valence-corrected chi connectivity index (χ4v) is 3.18. The first-order chi connectivity index (χ1) is 11.8. The van der Waals surface area contributed by atoms with Crippen LogP contribution in [0.25, 0.3) is 21.5 Å². The lowest BCUT2D eigenvalue weighted by Gasteiger charge is -2.18. The minimum atomic E-state index is -0.201. The number of nitrogens with zero attached hydrogens (tertiary/aromatic N) is 3. The van der Waals surface area contributed by atoms with E-state index in [1.54, 1.807) is 6.07 Å². The summed E-state index contributed by atoms with van der Waals surface area (Å²) in [5, 5.41) is 13.7. The molecule has 0 spiro atoms. The number of aliphatic imine (C=N–C) groups is 1. The van der Waals surface area contributed by atoms with Gasteiger partial charge in [0.05, 0.1) is 23.0 Å². The second-order valence-electron chi connectivity index (χ2n) is 5.85. The van der Waals surface area contributed by atoms with Gasteiger partial charge in [-0.05, 0) is 22.9 Å². The van der Waals surface area contributed by atoms with Gasteiger partial charge in [0, 0.05) is 12.4 Å². The molecular weight excluding hydrogens is 302 g/mol. The van der Waals surface area contributed by atoms with Crippen LogP contribution in [0.15, 0.2) is 64.6 Å². The number of hydrogen-bond acceptors (Lipinski definition) is 4. The Labute approximate surface area is 136 Å². The minimum Gasteiger partial charge on any atom is -0.346 e. The molecule has 0 radical (unpaired) electrons. The lowest BCUT2D eigenvalue weighted by atomic mass is 10.1. The van der Waals surface area contributed by atoms with Crippen molar-refractivity contribution in [3.8, 4) is 0 Å². The largest absolute Gasteiger partial charge is 0.346 e. The first-order valence-corrected chi connectivity index (χ1v) is 7.68. The van der Waals surface area contributed by atoms with Crippen LogP contribution in [0.3, 0.4) is 0 Å². The third-order valence-corrected chi connectivity index (χ3v) is 4.25. The van der Waals surface area contributed by atoms with Crippen LogP contribution < -0.4 is 10.9 Å². The Bertz CT molecular complexity index is 1150. The first kappa shape index (κ1) is 13.1. The van der Waals surface area contributed by atoms with Gasteiger partial charge in [-0.25, -0.2) is 10.1 Å². The summed E-state index contributed by atoms with van der Waals surface area (Å²) in [6, 6.07) is 13.8. The maximum Gasteiger partial charge on any atom is 0.272 e. The maximum absolute atomic E-state index is 11.9. The van der Waals surface area contributed by atoms with Crippen molar-refractivity contribution in [2.75, 3.05) is 5.32 Å². The Kier molecular flexibility index (Phi) is 2.61. The van der Waals surface area contributed by atoms with Crippen molar-refractivity contribution >= 4 is 38.9 Å². The molecule has 0 fully saturated rings. The van der Waals surface area contributed by atoms with Gasteiger partial charge in [0.25, 0.3) is 5.56 Å². The van der Waals surface area contributed by atoms with Gasteiger partial charge in [-0.1, -0.05) is 30.3 Å². The van der Waals surface area contributed by atoms with Crippen LogP contribution in [0.2, 0.25) is 0 Å². The Morgan fingerprint density at radius 2 is 1.79 bits per heavy atom. The van der Waals surface area contributed by atoms with Crippen LogP contribution in [-0.2, 0) is 6.54 Å². The van der Waals surface area contributed by atoms with Crippen molar-refractivity contribution in [1.29, 1.82) is 0 Å². The van der Waals surface area contributed by atoms with E-state index < -0.39 is 0 Å². The van der Waals surface area contributed by atoms with E-state index in [-0.39, 0.29) is 5.56 Å². The second kappa shape index (κ2) is 4.79. The number of fused-ring (bicyclic) bond motifs is 1. The monoisotopic (exact) mass is 315 g/mol. The van der Waals surface area contributed by atoms with Gasteiger partial charge in [-0.3, -0.25) is 4.79 Å². The molecule has 24 heavy (non-hydrogen) atoms. The van der Waals surface area contributed by atoms with Crippen molar-refractivity contribution in [2.45, 2.75) is 6.54 Å². The summed E-state index contributed by atoms with van der Waals surface area (Å²) in [7, 11) is 0. The number of anilines is 1. The lowest BCUT2D eigenvalue weighted by Crippen LogP contribution is -2.22. The molecule has 0 aliphatic carbocycles. The molecular formula is C18H13N5O. The van der Waals surface area contributed by atoms with Crippen molar-refractivity contribution in [3.05, 3.63) is 65.2 Å². The number of amidine groups is 1. The highest BCUT2D eigenvalue weighted by Crippen LogP contribution is 2.32. The van der Waals surface area contributed by atoms with Crippen LogP contribution in [0, 0.1) is 0 Å². The zero-order valence-electron chi connectivity index (χ0n) is 12.7. The van der Waals surface area contributed by atoms with Crippen molar-refractivity contribution in [2.24, 2.45) is 4.99 Å². The van der Waals surface area contributed by atoms with Gasteiger partial charge in [-0.15, -0.1) is 0 Å². The second-order valence-corrected chi connectivity index (χ2v) is 5.85. The Morgan fingerprint density at radius 1 is 1.00 bits per heavy atom. The van der Waals surface area contributed by atoms with Gasteiger partial charge in [-0.2, -0.15) is 5.10 Å². The van der Waals surface area contributed by atoms with Crippen LogP contribution in [0.1, 0.15) is 0 Å². The summed E-state index contributed by atoms with van der Waals surface area (Å²) in [6.45, 7) is 0.602. The molecule has 2 aromatic heterocycles. The third kappa shape index (κ3) is 1.93. The fraction of sp³-hybridized carbons (Fsp3) is 0.0556. The summed E-state index contributed by atoms with van der Waals surface area (Å²) in [5.74, 6) is 1.33. The average molecular weight is 315 g/mol. The fourth-order valence-electron chi connectivity index (χ4n) is 3.18. The smallest absolute Gasteiger partial charge is 0.272 e. The molecule has 116 valence electrons. The molecule has 5 rings (SSSR count). The van der Waals surface area contributed by atoms with Crippen LogP contribution in [0.4, 0.5) is 11.5 Å². The number of aromatic amines is 1. The summed E-state index contributed by atoms with van der Waals surface area (Å²) < 4.78 is 2.09. The molecule has 2 aromatic carbocycles. The molecule has 0 bridgehead atoms. The van der Waals surface area contributed by atoms with E-state index in [1.807, 2.05) is 24.3 Å². The van der Waals surface area contributed by atoms with E-state index in [2.05, 4.69) is 49.6 Å². The quantitative estimate of drug-likeness (QED) is 0.597. The zero-order chi connectivity index (χ0) is 16.1. The highest BCUT2D eigenvalue weighted by Gasteiger charge is 2.17.